The Balaban J connectivity index is 1.42. The maximum absolute atomic E-state index is 15.0. The Kier molecular flexibility index (Phi) is 13.2. The summed E-state index contributed by atoms with van der Waals surface area (Å²) >= 11 is 0. The zero-order valence-corrected chi connectivity index (χ0v) is 31.0. The van der Waals surface area contributed by atoms with Crippen molar-refractivity contribution in [2.75, 3.05) is 26.3 Å². The van der Waals surface area contributed by atoms with Gasteiger partial charge in [-0.1, -0.05) is 72.8 Å². The first-order valence-corrected chi connectivity index (χ1v) is 18.4. The number of rotatable bonds is 17. The summed E-state index contributed by atoms with van der Waals surface area (Å²) in [6, 6.07) is 26.2. The Morgan fingerprint density at radius 2 is 1.51 bits per heavy atom. The molecule has 5 rings (SSSR count). The van der Waals surface area contributed by atoms with E-state index in [1.54, 1.807) is 6.20 Å². The average Bonchev–Trinajstić information content (AvgIpc) is 3.44. The van der Waals surface area contributed by atoms with Crippen molar-refractivity contribution in [2.45, 2.75) is 97.2 Å². The summed E-state index contributed by atoms with van der Waals surface area (Å²) in [6.45, 7) is 13.7. The lowest BCUT2D eigenvalue weighted by Crippen LogP contribution is -2.54. The number of unbranched alkanes of at least 4 members (excludes halogenated alkanes) is 1. The number of carbonyl (C=O) groups is 2. The van der Waals surface area contributed by atoms with Gasteiger partial charge in [0.25, 0.3) is 0 Å². The summed E-state index contributed by atoms with van der Waals surface area (Å²) in [6.07, 6.45) is 2.75. The van der Waals surface area contributed by atoms with E-state index in [-0.39, 0.29) is 17.9 Å². The van der Waals surface area contributed by atoms with Crippen LogP contribution >= 0.6 is 0 Å². The van der Waals surface area contributed by atoms with Crippen LogP contribution in [0, 0.1) is 0 Å². The summed E-state index contributed by atoms with van der Waals surface area (Å²) in [4.78, 5) is 33.9. The zero-order valence-electron chi connectivity index (χ0n) is 31.0. The lowest BCUT2D eigenvalue weighted by atomic mass is 9.96. The van der Waals surface area contributed by atoms with Gasteiger partial charge in [0.15, 0.2) is 6.29 Å². The molecule has 4 aromatic rings. The van der Waals surface area contributed by atoms with Crippen molar-refractivity contribution in [3.8, 4) is 11.1 Å². The molecule has 1 unspecified atom stereocenters. The Hall–Kier alpha value is -4.31. The molecule has 1 aliphatic rings. The van der Waals surface area contributed by atoms with Gasteiger partial charge in [-0.25, -0.2) is 4.79 Å². The molecule has 0 spiro atoms. The Morgan fingerprint density at radius 3 is 2.16 bits per heavy atom. The van der Waals surface area contributed by atoms with Crippen LogP contribution in [0.5, 0.6) is 0 Å². The van der Waals surface area contributed by atoms with Crippen molar-refractivity contribution < 1.29 is 23.8 Å². The fourth-order valence-electron chi connectivity index (χ4n) is 6.93. The van der Waals surface area contributed by atoms with E-state index in [1.807, 2.05) is 76.8 Å². The molecule has 0 fully saturated rings. The second-order valence-corrected chi connectivity index (χ2v) is 14.1. The normalized spacial score (nSPS) is 13.9. The number of carbonyl (C=O) groups excluding carboxylic acids is 2. The fraction of sp³-hybridized carbons (Fsp3) is 0.452. The van der Waals surface area contributed by atoms with Gasteiger partial charge >= 0.3 is 6.09 Å². The van der Waals surface area contributed by atoms with Gasteiger partial charge in [-0.15, -0.1) is 0 Å². The number of hydrogen-bond donors (Lipinski definition) is 2. The number of fused-ring (bicyclic) bond motifs is 4. The van der Waals surface area contributed by atoms with E-state index >= 15 is 4.79 Å². The van der Waals surface area contributed by atoms with Crippen LogP contribution in [0.1, 0.15) is 83.4 Å². The highest BCUT2D eigenvalue weighted by atomic mass is 16.7. The average molecular weight is 695 g/mol. The molecule has 1 heterocycles. The van der Waals surface area contributed by atoms with E-state index in [4.69, 9.17) is 19.2 Å². The van der Waals surface area contributed by atoms with Crippen LogP contribution in [0.4, 0.5) is 4.79 Å². The number of alkyl carbamates (subject to hydrolysis) is 1. The van der Waals surface area contributed by atoms with Crippen LogP contribution < -0.4 is 10.6 Å². The van der Waals surface area contributed by atoms with Gasteiger partial charge in [-0.2, -0.15) is 0 Å². The summed E-state index contributed by atoms with van der Waals surface area (Å²) in [5.41, 5.74) is 6.27. The summed E-state index contributed by atoms with van der Waals surface area (Å²) in [7, 11) is 0. The third kappa shape index (κ3) is 9.73. The SMILES string of the molecule is CCOC(OCC)[C@H](C)N(Cc1cccc2cccnc12)C(=O)C(CCCCNC(=O)OC(C)(C)C)NCC1c2ccccc2-c2ccccc21. The Morgan fingerprint density at radius 1 is 0.863 bits per heavy atom. The highest BCUT2D eigenvalue weighted by molar-refractivity contribution is 5.85. The summed E-state index contributed by atoms with van der Waals surface area (Å²) in [5, 5.41) is 7.61. The van der Waals surface area contributed by atoms with E-state index in [2.05, 4.69) is 59.2 Å². The second-order valence-electron chi connectivity index (χ2n) is 14.1. The second kappa shape index (κ2) is 17.8. The quantitative estimate of drug-likeness (QED) is 0.0859. The number of nitrogens with zero attached hydrogens (tertiary/aromatic N) is 2. The predicted molar refractivity (Wildman–Crippen MR) is 202 cm³/mol. The summed E-state index contributed by atoms with van der Waals surface area (Å²) in [5.74, 6) is 0.0776. The lowest BCUT2D eigenvalue weighted by Gasteiger charge is -2.37. The van der Waals surface area contributed by atoms with Crippen molar-refractivity contribution in [1.82, 2.24) is 20.5 Å². The van der Waals surface area contributed by atoms with E-state index in [1.165, 1.54) is 22.3 Å². The first-order valence-electron chi connectivity index (χ1n) is 18.4. The molecule has 272 valence electrons. The largest absolute Gasteiger partial charge is 0.444 e. The fourth-order valence-corrected chi connectivity index (χ4v) is 6.93. The zero-order chi connectivity index (χ0) is 36.4. The Bertz CT molecular complexity index is 1700. The summed E-state index contributed by atoms with van der Waals surface area (Å²) < 4.78 is 17.5. The molecule has 1 aromatic heterocycles. The maximum Gasteiger partial charge on any atom is 0.407 e. The number of nitrogens with one attached hydrogen (secondary N) is 2. The minimum atomic E-state index is -0.598. The van der Waals surface area contributed by atoms with E-state index < -0.39 is 24.0 Å². The number of ether oxygens (including phenoxy) is 3. The van der Waals surface area contributed by atoms with Crippen molar-refractivity contribution in [1.29, 1.82) is 0 Å². The molecule has 9 nitrogen and oxygen atoms in total. The van der Waals surface area contributed by atoms with Crippen LogP contribution in [0.15, 0.2) is 85.1 Å². The molecule has 0 saturated heterocycles. The van der Waals surface area contributed by atoms with Crippen LogP contribution in [0.25, 0.3) is 22.0 Å². The molecule has 2 atom stereocenters. The van der Waals surface area contributed by atoms with Gasteiger partial charge in [0.2, 0.25) is 5.91 Å². The molecule has 0 saturated carbocycles. The van der Waals surface area contributed by atoms with Crippen LogP contribution in [-0.2, 0) is 25.5 Å². The molecule has 2 amide bonds. The standard InChI is InChI=1S/C42H54N4O5/c1-7-49-40(50-8-2)29(3)46(28-31-18-15-17-30-19-16-26-43-38(30)31)39(47)37(24-13-14-25-44-41(48)51-42(4,5)6)45-27-36-34-22-11-9-20-32(34)33-21-10-12-23-35(33)36/h9-12,15-23,26,29,36-37,40,45H,7-8,13-14,24-25,27-28H2,1-6H3,(H,44,48)/t29-,37?/m0/s1. The number of aromatic nitrogens is 1. The molecule has 0 bridgehead atoms. The monoisotopic (exact) mass is 694 g/mol. The van der Waals surface area contributed by atoms with Crippen molar-refractivity contribution >= 4 is 22.9 Å². The molecule has 9 heteroatoms. The molecule has 1 aliphatic carbocycles. The van der Waals surface area contributed by atoms with Gasteiger partial charge in [-0.05, 0) is 94.7 Å². The number of pyridine rings is 1. The molecule has 2 N–H and O–H groups in total. The molecule has 3 aromatic carbocycles. The molecule has 0 aliphatic heterocycles. The molecular weight excluding hydrogens is 640 g/mol. The van der Waals surface area contributed by atoms with E-state index in [0.717, 1.165) is 22.9 Å². The van der Waals surface area contributed by atoms with Gasteiger partial charge in [-0.3, -0.25) is 9.78 Å². The van der Waals surface area contributed by atoms with Gasteiger partial charge in [0.1, 0.15) is 5.60 Å². The minimum Gasteiger partial charge on any atom is -0.444 e. The van der Waals surface area contributed by atoms with Gasteiger partial charge < -0.3 is 29.7 Å². The lowest BCUT2D eigenvalue weighted by molar-refractivity contribution is -0.179. The third-order valence-corrected chi connectivity index (χ3v) is 9.30. The predicted octanol–water partition coefficient (Wildman–Crippen LogP) is 7.82. The van der Waals surface area contributed by atoms with E-state index in [9.17, 15) is 4.79 Å². The minimum absolute atomic E-state index is 0.0282. The number of hydrogen-bond acceptors (Lipinski definition) is 7. The number of para-hydroxylation sites is 1. The first-order chi connectivity index (χ1) is 24.6. The highest BCUT2D eigenvalue weighted by Gasteiger charge is 2.35. The molecule has 51 heavy (non-hydrogen) atoms. The van der Waals surface area contributed by atoms with Crippen LogP contribution in [0.2, 0.25) is 0 Å². The van der Waals surface area contributed by atoms with Crippen molar-refractivity contribution in [2.24, 2.45) is 0 Å². The van der Waals surface area contributed by atoms with Crippen LogP contribution in [-0.4, -0.2) is 72.2 Å². The maximum atomic E-state index is 15.0. The van der Waals surface area contributed by atoms with E-state index in [0.29, 0.717) is 45.7 Å². The molecule has 0 radical (unpaired) electrons. The molecular formula is C42H54N4O5. The number of benzene rings is 3. The van der Waals surface area contributed by atoms with Crippen LogP contribution in [0.3, 0.4) is 0 Å². The smallest absolute Gasteiger partial charge is 0.407 e. The van der Waals surface area contributed by atoms with Crippen molar-refractivity contribution in [3.05, 3.63) is 102 Å². The van der Waals surface area contributed by atoms with Crippen molar-refractivity contribution in [3.63, 3.8) is 0 Å². The Labute approximate surface area is 303 Å². The van der Waals surface area contributed by atoms with Gasteiger partial charge in [0.05, 0.1) is 17.6 Å². The third-order valence-electron chi connectivity index (χ3n) is 9.30. The van der Waals surface area contributed by atoms with Gasteiger partial charge in [0, 0.05) is 50.3 Å². The topological polar surface area (TPSA) is 102 Å². The first kappa shape index (κ1) is 37.9. The number of amides is 2. The highest BCUT2D eigenvalue weighted by Crippen LogP contribution is 2.44.